The van der Waals surface area contributed by atoms with E-state index in [4.69, 9.17) is 55.9 Å². The predicted octanol–water partition coefficient (Wildman–Crippen LogP) is 8.64. The van der Waals surface area contributed by atoms with Gasteiger partial charge in [0.15, 0.2) is 6.04 Å². The molecule has 20 nitrogen and oxygen atoms in total. The first-order chi connectivity index (χ1) is 40.4. The summed E-state index contributed by atoms with van der Waals surface area (Å²) in [6, 6.07) is 23.5. The van der Waals surface area contributed by atoms with Gasteiger partial charge >= 0.3 is 11.9 Å². The zero-order valence-corrected chi connectivity index (χ0v) is 49.1. The second-order valence-electron chi connectivity index (χ2n) is 19.0. The van der Waals surface area contributed by atoms with Gasteiger partial charge in [-0.15, -0.1) is 46.2 Å². The molecule has 4 aliphatic heterocycles. The average Bonchev–Trinajstić information content (AvgIpc) is 1.03. The van der Waals surface area contributed by atoms with Gasteiger partial charge in [0.2, 0.25) is 17.7 Å². The van der Waals surface area contributed by atoms with Crippen molar-refractivity contribution in [2.24, 2.45) is 0 Å². The lowest BCUT2D eigenvalue weighted by molar-refractivity contribution is -0.160. The number of H-pyrrole nitrogens is 2. The molecular formula is C56H40Cl4N8O12S4. The zero-order valence-electron chi connectivity index (χ0n) is 42.8. The first-order valence-electron chi connectivity index (χ1n) is 25.1. The molecule has 6 N–H and O–H groups in total. The smallest absolute Gasteiger partial charge is 0.352 e. The molecular weight excluding hydrogens is 1250 g/mol. The first kappa shape index (κ1) is 58.1. The molecule has 84 heavy (non-hydrogen) atoms. The average molecular weight is 1290 g/mol. The second kappa shape index (κ2) is 24.5. The molecule has 4 aliphatic rings. The number of hydrogen-bond acceptors (Lipinski definition) is 16. The highest BCUT2D eigenvalue weighted by Gasteiger charge is 2.56. The summed E-state index contributed by atoms with van der Waals surface area (Å²) in [6.45, 7) is -0.319. The molecule has 0 aliphatic carbocycles. The van der Waals surface area contributed by atoms with E-state index in [1.54, 1.807) is 66.1 Å². The molecule has 12 rings (SSSR count). The van der Waals surface area contributed by atoms with E-state index in [0.29, 0.717) is 75.7 Å². The van der Waals surface area contributed by atoms with E-state index in [-0.39, 0.29) is 61.0 Å². The summed E-state index contributed by atoms with van der Waals surface area (Å²) in [7, 11) is 0. The highest BCUT2D eigenvalue weighted by atomic mass is 35.5. The number of thiophene rings is 2. The molecule has 28 heteroatoms. The number of fused-ring (bicyclic) bond motifs is 4. The zero-order chi connectivity index (χ0) is 59.1. The molecule has 4 aromatic heterocycles. The van der Waals surface area contributed by atoms with Crippen molar-refractivity contribution in [2.45, 2.75) is 41.7 Å². The number of carboxylic acids is 2. The fourth-order valence-electron chi connectivity index (χ4n) is 9.64. The summed E-state index contributed by atoms with van der Waals surface area (Å²) < 4.78 is 12.1. The lowest BCUT2D eigenvalue weighted by Crippen LogP contribution is -2.74. The largest absolute Gasteiger partial charge is 0.488 e. The number of aromatic nitrogens is 4. The van der Waals surface area contributed by atoms with E-state index < -0.39 is 63.7 Å². The number of β-lactam (4-membered cyclic amide) rings is 2. The van der Waals surface area contributed by atoms with Gasteiger partial charge in [0.25, 0.3) is 17.0 Å². The van der Waals surface area contributed by atoms with Gasteiger partial charge in [-0.3, -0.25) is 33.7 Å². The molecule has 0 spiro atoms. The fraction of sp³-hybridized carbons (Fsp3) is 0.179. The quantitative estimate of drug-likeness (QED) is 0.0494. The Bertz CT molecular complexity index is 4150. The molecule has 4 amide bonds. The summed E-state index contributed by atoms with van der Waals surface area (Å²) in [6.07, 6.45) is 0.290. The van der Waals surface area contributed by atoms with Crippen molar-refractivity contribution in [3.63, 3.8) is 0 Å². The number of thioether (sulfide) groups is 2. The lowest BCUT2D eigenvalue weighted by Gasteiger charge is -2.51. The highest BCUT2D eigenvalue weighted by Crippen LogP contribution is 2.43. The van der Waals surface area contributed by atoms with Crippen molar-refractivity contribution in [1.29, 1.82) is 0 Å². The SMILES string of the molecule is O=C(Cc1cccs1)NC1C(=O)N2C(C(=O)O)=C(COc3ccc(Cl)cc3-c3nc4ccc(Cl)cc4c(=O)[nH]3)CSC12.O=C(Cc1cccs1)NC1C(=O)N2C(C(=O)O)C(COc3ccc(Cl)cc3-c3nc4ccc(Cl)cc4c(=O)[nH]3)=CSC12. The summed E-state index contributed by atoms with van der Waals surface area (Å²) in [5, 5.41) is 32.0. The maximum absolute atomic E-state index is 13.0. The Labute approximate surface area is 510 Å². The van der Waals surface area contributed by atoms with Crippen LogP contribution >= 0.6 is 92.6 Å². The van der Waals surface area contributed by atoms with Crippen LogP contribution in [0.1, 0.15) is 9.75 Å². The van der Waals surface area contributed by atoms with Crippen LogP contribution in [-0.2, 0) is 41.6 Å². The molecule has 0 bridgehead atoms. The number of rotatable bonds is 16. The number of carbonyl (C=O) groups excluding carboxylic acids is 4. The van der Waals surface area contributed by atoms with Crippen molar-refractivity contribution in [3.8, 4) is 34.3 Å². The summed E-state index contributed by atoms with van der Waals surface area (Å²) in [4.78, 5) is 120. The van der Waals surface area contributed by atoms with Crippen LogP contribution in [-0.4, -0.2) is 123 Å². The Balaban J connectivity index is 0.000000175. The Morgan fingerprint density at radius 2 is 1.14 bits per heavy atom. The number of nitrogens with one attached hydrogen (secondary N) is 4. The number of nitrogens with zero attached hydrogens (tertiary/aromatic N) is 4. The van der Waals surface area contributed by atoms with Gasteiger partial charge in [-0.05, 0) is 101 Å². The Morgan fingerprint density at radius 3 is 1.64 bits per heavy atom. The number of carboxylic acid groups (broad SMARTS) is 2. The second-order valence-corrected chi connectivity index (χ2v) is 24.9. The predicted molar refractivity (Wildman–Crippen MR) is 322 cm³/mol. The fourth-order valence-corrected chi connectivity index (χ4v) is 14.3. The van der Waals surface area contributed by atoms with Crippen LogP contribution in [0, 0.1) is 0 Å². The maximum Gasteiger partial charge on any atom is 0.352 e. The van der Waals surface area contributed by atoms with E-state index in [1.165, 1.54) is 68.1 Å². The van der Waals surface area contributed by atoms with E-state index in [2.05, 4.69) is 30.6 Å². The molecule has 428 valence electrons. The number of carbonyl (C=O) groups is 6. The molecule has 5 atom stereocenters. The van der Waals surface area contributed by atoms with E-state index in [0.717, 1.165) is 9.75 Å². The van der Waals surface area contributed by atoms with Crippen LogP contribution in [0.2, 0.25) is 20.1 Å². The van der Waals surface area contributed by atoms with Crippen LogP contribution in [0.25, 0.3) is 44.6 Å². The summed E-state index contributed by atoms with van der Waals surface area (Å²) in [5.74, 6) is -2.80. The van der Waals surface area contributed by atoms with Crippen molar-refractivity contribution in [3.05, 3.63) is 181 Å². The first-order valence-corrected chi connectivity index (χ1v) is 30.3. The van der Waals surface area contributed by atoms with Crippen molar-refractivity contribution in [1.82, 2.24) is 40.4 Å². The van der Waals surface area contributed by atoms with Gasteiger partial charge in [-0.1, -0.05) is 58.5 Å². The van der Waals surface area contributed by atoms with Crippen molar-refractivity contribution >= 4 is 150 Å². The number of benzene rings is 4. The third-order valence-corrected chi connectivity index (χ3v) is 18.8. The van der Waals surface area contributed by atoms with Crippen LogP contribution in [0.3, 0.4) is 0 Å². The van der Waals surface area contributed by atoms with Gasteiger partial charge in [0.1, 0.15) is 64.9 Å². The molecule has 4 aromatic carbocycles. The number of aromatic amines is 2. The molecule has 0 saturated carbocycles. The Morgan fingerprint density at radius 1 is 0.643 bits per heavy atom. The summed E-state index contributed by atoms with van der Waals surface area (Å²) >= 11 is 30.0. The van der Waals surface area contributed by atoms with E-state index in [1.807, 2.05) is 35.0 Å². The van der Waals surface area contributed by atoms with Crippen LogP contribution < -0.4 is 31.2 Å². The standard InChI is InChI=1S/2C28H20Cl2N4O6S2/c2*29-14-3-5-19-17(8-14)25(36)33-24(31-19)18-9-15(30)4-6-20(18)40-11-13-12-42-27-22(26(37)34(27)23(13)28(38)39)32-21(35)10-16-2-1-7-41-16/h1-9,22,27H,10-12H2,(H,32,35)(H,38,39)(H,31,33,36);1-9,12,22-23,27H,10-11H2,(H,32,35)(H,38,39)(H,31,33,36). The third kappa shape index (κ3) is 12.0. The molecule has 2 fully saturated rings. The van der Waals surface area contributed by atoms with E-state index >= 15 is 0 Å². The molecule has 8 aromatic rings. The van der Waals surface area contributed by atoms with Crippen LogP contribution in [0.5, 0.6) is 11.5 Å². The molecule has 8 heterocycles. The van der Waals surface area contributed by atoms with Gasteiger partial charge < -0.3 is 45.2 Å². The third-order valence-electron chi connectivity index (χ3n) is 13.5. The molecule has 5 unspecified atom stereocenters. The number of hydrogen-bond donors (Lipinski definition) is 6. The minimum atomic E-state index is -1.27. The number of aliphatic carboxylic acids is 2. The van der Waals surface area contributed by atoms with Gasteiger partial charge in [0.05, 0.1) is 45.8 Å². The summed E-state index contributed by atoms with van der Waals surface area (Å²) in [5.41, 5.74) is 1.37. The van der Waals surface area contributed by atoms with Gasteiger partial charge in [-0.2, -0.15) is 0 Å². The van der Waals surface area contributed by atoms with Crippen molar-refractivity contribution in [2.75, 3.05) is 19.0 Å². The number of ether oxygens (including phenoxy) is 2. The van der Waals surface area contributed by atoms with Gasteiger partial charge in [0, 0.05) is 46.7 Å². The maximum atomic E-state index is 13.0. The number of halogens is 4. The number of amides is 4. The molecule has 2 saturated heterocycles. The monoisotopic (exact) mass is 1280 g/mol. The van der Waals surface area contributed by atoms with Crippen LogP contribution in [0.15, 0.2) is 140 Å². The Kier molecular flexibility index (Phi) is 16.9. The van der Waals surface area contributed by atoms with E-state index in [9.17, 15) is 48.6 Å². The minimum Gasteiger partial charge on any atom is -0.488 e. The Hall–Kier alpha value is -7.68. The van der Waals surface area contributed by atoms with Crippen LogP contribution in [0.4, 0.5) is 0 Å². The van der Waals surface area contributed by atoms with Crippen molar-refractivity contribution < 1.29 is 48.5 Å². The minimum absolute atomic E-state index is 0.143. The van der Waals surface area contributed by atoms with Gasteiger partial charge in [-0.25, -0.2) is 19.6 Å². The topological polar surface area (TPSA) is 283 Å². The highest BCUT2D eigenvalue weighted by molar-refractivity contribution is 8.03. The normalized spacial score (nSPS) is 18.8. The lowest BCUT2D eigenvalue weighted by atomic mass is 9.98. The molecule has 0 radical (unpaired) electrons.